The Hall–Kier alpha value is -3.67. The van der Waals surface area contributed by atoms with E-state index in [-0.39, 0.29) is 11.8 Å². The Kier molecular flexibility index (Phi) is 6.36. The van der Waals surface area contributed by atoms with Crippen molar-refractivity contribution in [3.05, 3.63) is 84.2 Å². The van der Waals surface area contributed by atoms with E-state index in [0.717, 1.165) is 11.3 Å². The highest BCUT2D eigenvalue weighted by molar-refractivity contribution is 5.94. The summed E-state index contributed by atoms with van der Waals surface area (Å²) in [6.07, 6.45) is 4.01. The van der Waals surface area contributed by atoms with Gasteiger partial charge in [0.05, 0.1) is 6.20 Å². The molecule has 0 spiro atoms. The van der Waals surface area contributed by atoms with E-state index in [9.17, 15) is 9.59 Å². The molecule has 0 radical (unpaired) electrons. The molecule has 2 N–H and O–H groups in total. The van der Waals surface area contributed by atoms with E-state index in [4.69, 9.17) is 4.74 Å². The van der Waals surface area contributed by atoms with Crippen molar-refractivity contribution in [2.75, 3.05) is 11.9 Å². The molecule has 0 unspecified atom stereocenters. The Morgan fingerprint density at radius 3 is 2.36 bits per heavy atom. The van der Waals surface area contributed by atoms with E-state index < -0.39 is 0 Å². The minimum Gasteiger partial charge on any atom is -0.456 e. The molecule has 6 nitrogen and oxygen atoms in total. The Morgan fingerprint density at radius 1 is 0.964 bits per heavy atom. The molecule has 0 aliphatic rings. The van der Waals surface area contributed by atoms with Crippen LogP contribution in [0.15, 0.2) is 73.1 Å². The van der Waals surface area contributed by atoms with Crippen LogP contribution in [0.2, 0.25) is 0 Å². The number of nitrogens with one attached hydrogen (secondary N) is 2. The van der Waals surface area contributed by atoms with Crippen LogP contribution in [-0.2, 0) is 11.2 Å². The van der Waals surface area contributed by atoms with Gasteiger partial charge in [-0.2, -0.15) is 0 Å². The van der Waals surface area contributed by atoms with E-state index >= 15 is 0 Å². The summed E-state index contributed by atoms with van der Waals surface area (Å²) in [5, 5.41) is 5.63. The van der Waals surface area contributed by atoms with Crippen molar-refractivity contribution in [2.45, 2.75) is 13.3 Å². The molecular formula is C22H21N3O3. The molecule has 0 bridgehead atoms. The molecule has 6 heteroatoms. The molecule has 3 aromatic rings. The average molecular weight is 375 g/mol. The number of hydrogen-bond acceptors (Lipinski definition) is 4. The van der Waals surface area contributed by atoms with Gasteiger partial charge >= 0.3 is 0 Å². The summed E-state index contributed by atoms with van der Waals surface area (Å²) in [6.45, 7) is 1.99. The number of rotatable bonds is 7. The number of benzene rings is 2. The first kappa shape index (κ1) is 19.1. The van der Waals surface area contributed by atoms with Gasteiger partial charge in [0.1, 0.15) is 11.5 Å². The van der Waals surface area contributed by atoms with E-state index in [1.165, 1.54) is 6.92 Å². The fraction of sp³-hybridized carbons (Fsp3) is 0.136. The van der Waals surface area contributed by atoms with Gasteiger partial charge in [0.2, 0.25) is 5.91 Å². The molecular weight excluding hydrogens is 354 g/mol. The maximum Gasteiger partial charge on any atom is 0.251 e. The number of hydrogen-bond donors (Lipinski definition) is 2. The highest BCUT2D eigenvalue weighted by Gasteiger charge is 2.06. The molecule has 3 rings (SSSR count). The lowest BCUT2D eigenvalue weighted by Crippen LogP contribution is -2.25. The van der Waals surface area contributed by atoms with Crippen molar-refractivity contribution in [1.29, 1.82) is 0 Å². The fourth-order valence-electron chi connectivity index (χ4n) is 2.60. The smallest absolute Gasteiger partial charge is 0.251 e. The number of amides is 2. The zero-order chi connectivity index (χ0) is 19.8. The number of nitrogens with zero attached hydrogens (tertiary/aromatic N) is 1. The van der Waals surface area contributed by atoms with Crippen molar-refractivity contribution < 1.29 is 14.3 Å². The van der Waals surface area contributed by atoms with Crippen LogP contribution in [0.5, 0.6) is 11.5 Å². The van der Waals surface area contributed by atoms with Gasteiger partial charge in [0, 0.05) is 30.9 Å². The van der Waals surface area contributed by atoms with Crippen LogP contribution < -0.4 is 15.4 Å². The topological polar surface area (TPSA) is 80.3 Å². The van der Waals surface area contributed by atoms with Crippen LogP contribution >= 0.6 is 0 Å². The van der Waals surface area contributed by atoms with Gasteiger partial charge in [0.15, 0.2) is 0 Å². The van der Waals surface area contributed by atoms with Crippen LogP contribution in [0.3, 0.4) is 0 Å². The van der Waals surface area contributed by atoms with Crippen LogP contribution in [0.25, 0.3) is 0 Å². The third kappa shape index (κ3) is 5.67. The zero-order valence-corrected chi connectivity index (χ0v) is 15.5. The SMILES string of the molecule is CC(=O)Nc1ccc(CCNC(=O)c2ccc(Oc3cccnc3)cc2)cc1. The second-order valence-corrected chi connectivity index (χ2v) is 6.20. The molecule has 0 aliphatic heterocycles. The van der Waals surface area contributed by atoms with E-state index in [0.29, 0.717) is 30.0 Å². The Morgan fingerprint density at radius 2 is 1.71 bits per heavy atom. The summed E-state index contributed by atoms with van der Waals surface area (Å²) < 4.78 is 5.67. The predicted octanol–water partition coefficient (Wildman–Crippen LogP) is 3.80. The standard InChI is InChI=1S/C22H21N3O3/c1-16(26)25-19-8-4-17(5-9-19)12-14-24-22(27)18-6-10-20(11-7-18)28-21-3-2-13-23-15-21/h2-11,13,15H,12,14H2,1H3,(H,24,27)(H,25,26). The van der Waals surface area contributed by atoms with E-state index in [2.05, 4.69) is 15.6 Å². The normalized spacial score (nSPS) is 10.2. The van der Waals surface area contributed by atoms with Gasteiger partial charge < -0.3 is 15.4 Å². The molecule has 0 saturated heterocycles. The monoisotopic (exact) mass is 375 g/mol. The fourth-order valence-corrected chi connectivity index (χ4v) is 2.60. The number of pyridine rings is 1. The Balaban J connectivity index is 1.47. The van der Waals surface area contributed by atoms with Crippen molar-refractivity contribution in [1.82, 2.24) is 10.3 Å². The molecule has 1 aromatic heterocycles. The van der Waals surface area contributed by atoms with E-state index in [1.54, 1.807) is 42.7 Å². The molecule has 142 valence electrons. The van der Waals surface area contributed by atoms with Gasteiger partial charge in [-0.3, -0.25) is 14.6 Å². The highest BCUT2D eigenvalue weighted by Crippen LogP contribution is 2.20. The van der Waals surface area contributed by atoms with Crippen LogP contribution in [0, 0.1) is 0 Å². The summed E-state index contributed by atoms with van der Waals surface area (Å²) in [4.78, 5) is 27.3. The van der Waals surface area contributed by atoms with Crippen LogP contribution in [0.1, 0.15) is 22.8 Å². The molecule has 2 amide bonds. The summed E-state index contributed by atoms with van der Waals surface area (Å²) in [6, 6.07) is 18.1. The Labute approximate surface area is 163 Å². The largest absolute Gasteiger partial charge is 0.456 e. The lowest BCUT2D eigenvalue weighted by Gasteiger charge is -2.08. The third-order valence-corrected chi connectivity index (χ3v) is 3.96. The summed E-state index contributed by atoms with van der Waals surface area (Å²) in [7, 11) is 0. The van der Waals surface area contributed by atoms with Gasteiger partial charge in [0.25, 0.3) is 5.91 Å². The van der Waals surface area contributed by atoms with Crippen LogP contribution in [0.4, 0.5) is 5.69 Å². The summed E-state index contributed by atoms with van der Waals surface area (Å²) in [5.74, 6) is 1.05. The van der Waals surface area contributed by atoms with Crippen molar-refractivity contribution in [3.8, 4) is 11.5 Å². The number of carbonyl (C=O) groups excluding carboxylic acids is 2. The quantitative estimate of drug-likeness (QED) is 0.658. The molecule has 0 aliphatic carbocycles. The second-order valence-electron chi connectivity index (χ2n) is 6.20. The lowest BCUT2D eigenvalue weighted by molar-refractivity contribution is -0.114. The average Bonchev–Trinajstić information content (AvgIpc) is 2.70. The minimum absolute atomic E-state index is 0.100. The first-order valence-electron chi connectivity index (χ1n) is 8.93. The molecule has 1 heterocycles. The second kappa shape index (κ2) is 9.32. The van der Waals surface area contributed by atoms with Crippen molar-refractivity contribution in [3.63, 3.8) is 0 Å². The third-order valence-electron chi connectivity index (χ3n) is 3.96. The molecule has 0 fully saturated rings. The molecule has 2 aromatic carbocycles. The van der Waals surface area contributed by atoms with E-state index in [1.807, 2.05) is 30.3 Å². The zero-order valence-electron chi connectivity index (χ0n) is 15.5. The summed E-state index contributed by atoms with van der Waals surface area (Å²) in [5.41, 5.74) is 2.41. The predicted molar refractivity (Wildman–Crippen MR) is 108 cm³/mol. The van der Waals surface area contributed by atoms with Gasteiger partial charge in [-0.15, -0.1) is 0 Å². The first-order valence-corrected chi connectivity index (χ1v) is 8.93. The number of carbonyl (C=O) groups is 2. The van der Waals surface area contributed by atoms with Crippen LogP contribution in [-0.4, -0.2) is 23.3 Å². The lowest BCUT2D eigenvalue weighted by atomic mass is 10.1. The molecule has 28 heavy (non-hydrogen) atoms. The Bertz CT molecular complexity index is 924. The highest BCUT2D eigenvalue weighted by atomic mass is 16.5. The molecule has 0 atom stereocenters. The van der Waals surface area contributed by atoms with Gasteiger partial charge in [-0.25, -0.2) is 0 Å². The van der Waals surface area contributed by atoms with Crippen molar-refractivity contribution in [2.24, 2.45) is 0 Å². The maximum absolute atomic E-state index is 12.3. The van der Waals surface area contributed by atoms with Gasteiger partial charge in [-0.05, 0) is 60.5 Å². The minimum atomic E-state index is -0.136. The molecule has 0 saturated carbocycles. The summed E-state index contributed by atoms with van der Waals surface area (Å²) >= 11 is 0. The number of ether oxygens (including phenoxy) is 1. The maximum atomic E-state index is 12.3. The van der Waals surface area contributed by atoms with Crippen molar-refractivity contribution >= 4 is 17.5 Å². The number of anilines is 1. The van der Waals surface area contributed by atoms with Gasteiger partial charge in [-0.1, -0.05) is 12.1 Å². The number of aromatic nitrogens is 1. The first-order chi connectivity index (χ1) is 13.6.